The maximum atomic E-state index is 11.7. The highest BCUT2D eigenvalue weighted by Crippen LogP contribution is 2.17. The second-order valence-electron chi connectivity index (χ2n) is 6.04. The van der Waals surface area contributed by atoms with Gasteiger partial charge in [0.25, 0.3) is 5.56 Å². The standard InChI is InChI=1S/C16H23N7O/c1-20(2)14-12-15(18-13-17-14)22-9-6-21(7-10-22)8-11-23-16(24)4-3-5-19-23/h3-5,12-13H,6-11H2,1-2H3. The Morgan fingerprint density at radius 3 is 2.62 bits per heavy atom. The average Bonchev–Trinajstić information content (AvgIpc) is 2.61. The first-order valence-corrected chi connectivity index (χ1v) is 8.12. The minimum atomic E-state index is -0.0478. The summed E-state index contributed by atoms with van der Waals surface area (Å²) in [7, 11) is 3.95. The van der Waals surface area contributed by atoms with Crippen LogP contribution in [-0.4, -0.2) is 71.5 Å². The van der Waals surface area contributed by atoms with Crippen LogP contribution in [-0.2, 0) is 6.54 Å². The Morgan fingerprint density at radius 1 is 1.12 bits per heavy atom. The summed E-state index contributed by atoms with van der Waals surface area (Å²) in [4.78, 5) is 26.9. The maximum Gasteiger partial charge on any atom is 0.266 e. The third kappa shape index (κ3) is 3.88. The molecule has 24 heavy (non-hydrogen) atoms. The van der Waals surface area contributed by atoms with Crippen molar-refractivity contribution in [3.05, 3.63) is 41.1 Å². The predicted molar refractivity (Wildman–Crippen MR) is 93.5 cm³/mol. The molecule has 1 aliphatic heterocycles. The topological polar surface area (TPSA) is 70.4 Å². The van der Waals surface area contributed by atoms with Crippen molar-refractivity contribution in [1.82, 2.24) is 24.6 Å². The molecular weight excluding hydrogens is 306 g/mol. The van der Waals surface area contributed by atoms with E-state index in [0.717, 1.165) is 44.4 Å². The number of hydrogen-bond donors (Lipinski definition) is 0. The molecule has 8 heteroatoms. The molecule has 0 aliphatic carbocycles. The Kier molecular flexibility index (Phi) is 5.05. The number of piperazine rings is 1. The summed E-state index contributed by atoms with van der Waals surface area (Å²) in [6.07, 6.45) is 3.27. The third-order valence-electron chi connectivity index (χ3n) is 4.21. The lowest BCUT2D eigenvalue weighted by Crippen LogP contribution is -2.48. The molecule has 0 aromatic carbocycles. The van der Waals surface area contributed by atoms with Crippen LogP contribution in [0.15, 0.2) is 35.5 Å². The quantitative estimate of drug-likeness (QED) is 0.760. The number of anilines is 2. The molecule has 1 saturated heterocycles. The van der Waals surface area contributed by atoms with Crippen molar-refractivity contribution in [3.63, 3.8) is 0 Å². The van der Waals surface area contributed by atoms with E-state index in [2.05, 4.69) is 24.9 Å². The molecule has 3 heterocycles. The van der Waals surface area contributed by atoms with Crippen LogP contribution in [0.4, 0.5) is 11.6 Å². The molecule has 1 aliphatic rings. The minimum absolute atomic E-state index is 0.0478. The smallest absolute Gasteiger partial charge is 0.266 e. The molecule has 0 saturated carbocycles. The van der Waals surface area contributed by atoms with Gasteiger partial charge in [0.1, 0.15) is 18.0 Å². The van der Waals surface area contributed by atoms with Crippen LogP contribution >= 0.6 is 0 Å². The maximum absolute atomic E-state index is 11.7. The zero-order valence-electron chi connectivity index (χ0n) is 14.2. The monoisotopic (exact) mass is 329 g/mol. The van der Waals surface area contributed by atoms with E-state index >= 15 is 0 Å². The normalized spacial score (nSPS) is 15.5. The zero-order valence-corrected chi connectivity index (χ0v) is 14.2. The van der Waals surface area contributed by atoms with Gasteiger partial charge in [-0.3, -0.25) is 9.69 Å². The molecule has 0 N–H and O–H groups in total. The summed E-state index contributed by atoms with van der Waals surface area (Å²) in [5.41, 5.74) is -0.0478. The van der Waals surface area contributed by atoms with Crippen LogP contribution < -0.4 is 15.4 Å². The van der Waals surface area contributed by atoms with E-state index in [1.54, 1.807) is 24.7 Å². The van der Waals surface area contributed by atoms with Gasteiger partial charge in [-0.25, -0.2) is 14.6 Å². The van der Waals surface area contributed by atoms with Crippen molar-refractivity contribution >= 4 is 11.6 Å². The van der Waals surface area contributed by atoms with E-state index < -0.39 is 0 Å². The van der Waals surface area contributed by atoms with Crippen molar-refractivity contribution in [2.24, 2.45) is 0 Å². The Bertz CT molecular complexity index is 722. The largest absolute Gasteiger partial charge is 0.363 e. The van der Waals surface area contributed by atoms with Gasteiger partial charge in [0.2, 0.25) is 0 Å². The first-order valence-electron chi connectivity index (χ1n) is 8.12. The van der Waals surface area contributed by atoms with E-state index in [0.29, 0.717) is 6.54 Å². The van der Waals surface area contributed by atoms with Gasteiger partial charge in [-0.1, -0.05) is 0 Å². The number of aromatic nitrogens is 4. The average molecular weight is 329 g/mol. The number of hydrogen-bond acceptors (Lipinski definition) is 7. The number of nitrogens with zero attached hydrogens (tertiary/aromatic N) is 7. The van der Waals surface area contributed by atoms with Crippen molar-refractivity contribution in [2.75, 3.05) is 56.6 Å². The molecule has 0 unspecified atom stereocenters. The molecule has 2 aromatic rings. The molecule has 3 rings (SSSR count). The van der Waals surface area contributed by atoms with Gasteiger partial charge >= 0.3 is 0 Å². The second-order valence-corrected chi connectivity index (χ2v) is 6.04. The Labute approximate surface area is 141 Å². The lowest BCUT2D eigenvalue weighted by atomic mass is 10.3. The Balaban J connectivity index is 1.53. The highest BCUT2D eigenvalue weighted by Gasteiger charge is 2.18. The van der Waals surface area contributed by atoms with Crippen molar-refractivity contribution in [2.45, 2.75) is 6.54 Å². The highest BCUT2D eigenvalue weighted by atomic mass is 16.1. The molecule has 0 spiro atoms. The molecule has 2 aromatic heterocycles. The van der Waals surface area contributed by atoms with Crippen LogP contribution in [0.1, 0.15) is 0 Å². The van der Waals surface area contributed by atoms with Gasteiger partial charge in [0.05, 0.1) is 6.54 Å². The fourth-order valence-corrected chi connectivity index (χ4v) is 2.75. The summed E-state index contributed by atoms with van der Waals surface area (Å²) >= 11 is 0. The lowest BCUT2D eigenvalue weighted by molar-refractivity contribution is 0.242. The summed E-state index contributed by atoms with van der Waals surface area (Å²) < 4.78 is 1.51. The number of rotatable bonds is 5. The van der Waals surface area contributed by atoms with E-state index in [1.165, 1.54) is 4.68 Å². The molecular formula is C16H23N7O. The fourth-order valence-electron chi connectivity index (χ4n) is 2.75. The van der Waals surface area contributed by atoms with Crippen LogP contribution in [0.25, 0.3) is 0 Å². The van der Waals surface area contributed by atoms with Gasteiger partial charge in [-0.15, -0.1) is 0 Å². The summed E-state index contributed by atoms with van der Waals surface area (Å²) in [6, 6.07) is 5.23. The molecule has 0 atom stereocenters. The van der Waals surface area contributed by atoms with E-state index in [-0.39, 0.29) is 5.56 Å². The van der Waals surface area contributed by atoms with E-state index in [1.807, 2.05) is 25.1 Å². The first-order chi connectivity index (χ1) is 11.6. The van der Waals surface area contributed by atoms with E-state index in [9.17, 15) is 4.79 Å². The van der Waals surface area contributed by atoms with Gasteiger partial charge in [0.15, 0.2) is 0 Å². The molecule has 0 amide bonds. The van der Waals surface area contributed by atoms with Gasteiger partial charge in [-0.05, 0) is 6.07 Å². The van der Waals surface area contributed by atoms with Crippen molar-refractivity contribution in [1.29, 1.82) is 0 Å². The molecule has 1 fully saturated rings. The Hall–Kier alpha value is -2.48. The molecule has 128 valence electrons. The predicted octanol–water partition coefficient (Wildman–Crippen LogP) is -0.0785. The van der Waals surface area contributed by atoms with Gasteiger partial charge in [0, 0.05) is 65.1 Å². The van der Waals surface area contributed by atoms with Crippen molar-refractivity contribution in [3.8, 4) is 0 Å². The van der Waals surface area contributed by atoms with Crippen LogP contribution in [0.2, 0.25) is 0 Å². The van der Waals surface area contributed by atoms with Gasteiger partial charge < -0.3 is 9.80 Å². The molecule has 0 bridgehead atoms. The molecule has 8 nitrogen and oxygen atoms in total. The van der Waals surface area contributed by atoms with Crippen molar-refractivity contribution < 1.29 is 0 Å². The van der Waals surface area contributed by atoms with Crippen LogP contribution in [0, 0.1) is 0 Å². The van der Waals surface area contributed by atoms with Gasteiger partial charge in [-0.2, -0.15) is 5.10 Å². The van der Waals surface area contributed by atoms with E-state index in [4.69, 9.17) is 0 Å². The lowest BCUT2D eigenvalue weighted by Gasteiger charge is -2.35. The SMILES string of the molecule is CN(C)c1cc(N2CCN(CCn3ncccc3=O)CC2)ncn1. The van der Waals surface area contributed by atoms with Crippen LogP contribution in [0.5, 0.6) is 0 Å². The summed E-state index contributed by atoms with van der Waals surface area (Å²) in [5, 5.41) is 4.10. The fraction of sp³-hybridized carbons (Fsp3) is 0.500. The highest BCUT2D eigenvalue weighted by molar-refractivity contribution is 5.49. The molecule has 0 radical (unpaired) electrons. The second kappa shape index (κ2) is 7.39. The van der Waals surface area contributed by atoms with Crippen LogP contribution in [0.3, 0.4) is 0 Å². The first kappa shape index (κ1) is 16.4. The Morgan fingerprint density at radius 2 is 1.92 bits per heavy atom. The summed E-state index contributed by atoms with van der Waals surface area (Å²) in [6.45, 7) is 5.18. The zero-order chi connectivity index (χ0) is 16.9. The summed E-state index contributed by atoms with van der Waals surface area (Å²) in [5.74, 6) is 1.88. The minimum Gasteiger partial charge on any atom is -0.363 e. The third-order valence-corrected chi connectivity index (χ3v) is 4.21.